The summed E-state index contributed by atoms with van der Waals surface area (Å²) in [6, 6.07) is 13.7. The van der Waals surface area contributed by atoms with Crippen molar-refractivity contribution in [3.8, 4) is 22.9 Å². The Bertz CT molecular complexity index is 1100. The van der Waals surface area contributed by atoms with Crippen LogP contribution in [0.15, 0.2) is 53.1 Å². The second-order valence-electron chi connectivity index (χ2n) is 6.89. The van der Waals surface area contributed by atoms with E-state index in [1.54, 1.807) is 44.4 Å². The Morgan fingerprint density at radius 2 is 1.87 bits per heavy atom. The number of ether oxygens (including phenoxy) is 2. The second-order valence-corrected chi connectivity index (χ2v) is 6.89. The first-order chi connectivity index (χ1) is 14.5. The first-order valence-corrected chi connectivity index (χ1v) is 9.21. The number of nitrogens with one attached hydrogen (secondary N) is 1. The normalized spacial score (nSPS) is 18.4. The van der Waals surface area contributed by atoms with Crippen LogP contribution in [0.4, 0.5) is 4.79 Å². The van der Waals surface area contributed by atoms with Gasteiger partial charge in [-0.15, -0.1) is 0 Å². The van der Waals surface area contributed by atoms with Crippen molar-refractivity contribution in [1.82, 2.24) is 20.4 Å². The predicted molar refractivity (Wildman–Crippen MR) is 106 cm³/mol. The molecule has 1 N–H and O–H groups in total. The van der Waals surface area contributed by atoms with Crippen molar-refractivity contribution in [2.75, 3.05) is 14.2 Å². The summed E-state index contributed by atoms with van der Waals surface area (Å²) in [5, 5.41) is 6.71. The molecule has 30 heavy (non-hydrogen) atoms. The zero-order valence-electron chi connectivity index (χ0n) is 16.7. The van der Waals surface area contributed by atoms with Crippen molar-refractivity contribution < 1.29 is 23.6 Å². The lowest BCUT2D eigenvalue weighted by Gasteiger charge is -2.21. The maximum absolute atomic E-state index is 13.0. The number of benzene rings is 2. The van der Waals surface area contributed by atoms with Crippen molar-refractivity contribution in [1.29, 1.82) is 0 Å². The number of methoxy groups -OCH3 is 2. The number of hydrogen-bond donors (Lipinski definition) is 1. The third-order valence-corrected chi connectivity index (χ3v) is 5.04. The minimum atomic E-state index is -1.15. The lowest BCUT2D eigenvalue weighted by Crippen LogP contribution is -2.40. The van der Waals surface area contributed by atoms with Crippen LogP contribution in [0.3, 0.4) is 0 Å². The summed E-state index contributed by atoms with van der Waals surface area (Å²) in [6.07, 6.45) is 0. The van der Waals surface area contributed by atoms with Crippen molar-refractivity contribution in [2.45, 2.75) is 19.0 Å². The molecule has 2 heterocycles. The number of carbonyl (C=O) groups excluding carboxylic acids is 2. The number of amides is 3. The summed E-state index contributed by atoms with van der Waals surface area (Å²) in [6.45, 7) is 1.53. The molecule has 0 bridgehead atoms. The van der Waals surface area contributed by atoms with E-state index in [1.807, 2.05) is 18.2 Å². The smallest absolute Gasteiger partial charge is 0.325 e. The summed E-state index contributed by atoms with van der Waals surface area (Å²) in [4.78, 5) is 30.9. The quantitative estimate of drug-likeness (QED) is 0.625. The highest BCUT2D eigenvalue weighted by Gasteiger charge is 2.49. The Hall–Kier alpha value is -3.88. The summed E-state index contributed by atoms with van der Waals surface area (Å²) in [5.41, 5.74) is 0.139. The molecule has 0 spiro atoms. The molecular formula is C21H20N4O5. The first-order valence-electron chi connectivity index (χ1n) is 9.21. The van der Waals surface area contributed by atoms with Crippen molar-refractivity contribution in [3.63, 3.8) is 0 Å². The molecule has 4 rings (SSSR count). The average molecular weight is 408 g/mol. The highest BCUT2D eigenvalue weighted by molar-refractivity contribution is 6.07. The predicted octanol–water partition coefficient (Wildman–Crippen LogP) is 2.72. The van der Waals surface area contributed by atoms with Crippen LogP contribution in [0.25, 0.3) is 11.4 Å². The molecule has 1 aromatic heterocycles. The molecule has 3 amide bonds. The van der Waals surface area contributed by atoms with E-state index in [9.17, 15) is 9.59 Å². The Morgan fingerprint density at radius 1 is 1.10 bits per heavy atom. The van der Waals surface area contributed by atoms with Crippen LogP contribution in [0.5, 0.6) is 11.5 Å². The monoisotopic (exact) mass is 408 g/mol. The van der Waals surface area contributed by atoms with Gasteiger partial charge in [0.05, 0.1) is 19.8 Å². The van der Waals surface area contributed by atoms with Gasteiger partial charge in [0.1, 0.15) is 23.6 Å². The van der Waals surface area contributed by atoms with E-state index in [0.717, 1.165) is 4.90 Å². The topological polar surface area (TPSA) is 107 Å². The molecule has 0 unspecified atom stereocenters. The number of imide groups is 1. The number of nitrogens with zero attached hydrogens (tertiary/aromatic N) is 3. The molecule has 2 aromatic carbocycles. The van der Waals surface area contributed by atoms with Gasteiger partial charge >= 0.3 is 6.03 Å². The molecule has 154 valence electrons. The third-order valence-electron chi connectivity index (χ3n) is 5.04. The van der Waals surface area contributed by atoms with Gasteiger partial charge in [-0.05, 0) is 24.6 Å². The standard InChI is InChI=1S/C21H20N4O5/c1-21(13-7-5-4-6-8-13)19(26)25(20(27)23-21)12-17-22-18(24-30-17)15-10-9-14(28-2)11-16(15)29-3/h4-11H,12H2,1-3H3,(H,23,27)/t21-/m0/s1. The molecule has 1 aliphatic rings. The SMILES string of the molecule is COc1ccc(-c2noc(CN3C(=O)N[C@@](C)(c4ccccc4)C3=O)n2)c(OC)c1. The lowest BCUT2D eigenvalue weighted by atomic mass is 9.92. The zero-order valence-corrected chi connectivity index (χ0v) is 16.7. The highest BCUT2D eigenvalue weighted by Crippen LogP contribution is 2.33. The minimum absolute atomic E-state index is 0.128. The van der Waals surface area contributed by atoms with Gasteiger partial charge in [0.15, 0.2) is 0 Å². The molecule has 0 aliphatic carbocycles. The highest BCUT2D eigenvalue weighted by atomic mass is 16.5. The largest absolute Gasteiger partial charge is 0.497 e. The van der Waals surface area contributed by atoms with Crippen LogP contribution < -0.4 is 14.8 Å². The van der Waals surface area contributed by atoms with Crippen molar-refractivity contribution in [3.05, 3.63) is 60.0 Å². The van der Waals surface area contributed by atoms with E-state index >= 15 is 0 Å². The van der Waals surface area contributed by atoms with E-state index in [1.165, 1.54) is 7.11 Å². The first kappa shape index (κ1) is 19.4. The molecule has 0 saturated carbocycles. The third kappa shape index (κ3) is 3.24. The molecule has 1 saturated heterocycles. The number of rotatable bonds is 6. The van der Waals surface area contributed by atoms with Gasteiger partial charge in [-0.1, -0.05) is 35.5 Å². The molecule has 9 heteroatoms. The van der Waals surface area contributed by atoms with Gasteiger partial charge in [-0.3, -0.25) is 9.69 Å². The number of hydrogen-bond acceptors (Lipinski definition) is 7. The van der Waals surface area contributed by atoms with Gasteiger partial charge in [0.25, 0.3) is 5.91 Å². The van der Waals surface area contributed by atoms with Crippen LogP contribution in [0.2, 0.25) is 0 Å². The van der Waals surface area contributed by atoms with Gasteiger partial charge in [-0.25, -0.2) is 4.79 Å². The number of carbonyl (C=O) groups is 2. The van der Waals surface area contributed by atoms with Crippen LogP contribution in [0, 0.1) is 0 Å². The Morgan fingerprint density at radius 3 is 2.57 bits per heavy atom. The fourth-order valence-corrected chi connectivity index (χ4v) is 3.35. The van der Waals surface area contributed by atoms with Crippen molar-refractivity contribution >= 4 is 11.9 Å². The molecule has 0 radical (unpaired) electrons. The van der Waals surface area contributed by atoms with Gasteiger partial charge < -0.3 is 19.3 Å². The molecule has 1 aliphatic heterocycles. The Balaban J connectivity index is 1.57. The maximum Gasteiger partial charge on any atom is 0.325 e. The van der Waals surface area contributed by atoms with Crippen LogP contribution >= 0.6 is 0 Å². The van der Waals surface area contributed by atoms with Crippen LogP contribution in [0.1, 0.15) is 18.4 Å². The summed E-state index contributed by atoms with van der Waals surface area (Å²) in [5.74, 6) is 1.15. The van der Waals surface area contributed by atoms with Gasteiger partial charge in [0.2, 0.25) is 11.7 Å². The minimum Gasteiger partial charge on any atom is -0.497 e. The fraction of sp³-hybridized carbons (Fsp3) is 0.238. The van der Waals surface area contributed by atoms with E-state index < -0.39 is 11.6 Å². The maximum atomic E-state index is 13.0. The summed E-state index contributed by atoms with van der Waals surface area (Å²) in [7, 11) is 3.08. The van der Waals surface area contributed by atoms with Gasteiger partial charge in [-0.2, -0.15) is 4.98 Å². The number of urea groups is 1. The Kier molecular flexibility index (Phi) is 4.86. The summed E-state index contributed by atoms with van der Waals surface area (Å²) >= 11 is 0. The van der Waals surface area contributed by atoms with E-state index in [0.29, 0.717) is 22.6 Å². The van der Waals surface area contributed by atoms with E-state index in [-0.39, 0.29) is 24.2 Å². The van der Waals surface area contributed by atoms with E-state index in [4.69, 9.17) is 14.0 Å². The second kappa shape index (κ2) is 7.51. The molecule has 1 atom stereocenters. The van der Waals surface area contributed by atoms with E-state index in [2.05, 4.69) is 15.5 Å². The lowest BCUT2D eigenvalue weighted by molar-refractivity contribution is -0.131. The molecule has 1 fully saturated rings. The van der Waals surface area contributed by atoms with Gasteiger partial charge in [0, 0.05) is 6.07 Å². The molecular weight excluding hydrogens is 388 g/mol. The van der Waals surface area contributed by atoms with Crippen LogP contribution in [-0.2, 0) is 16.9 Å². The van der Waals surface area contributed by atoms with Crippen molar-refractivity contribution in [2.24, 2.45) is 0 Å². The molecule has 9 nitrogen and oxygen atoms in total. The Labute approximate surface area is 172 Å². The number of aromatic nitrogens is 2. The van der Waals surface area contributed by atoms with Crippen LogP contribution in [-0.4, -0.2) is 41.2 Å². The zero-order chi connectivity index (χ0) is 21.3. The molecule has 3 aromatic rings. The summed E-state index contributed by atoms with van der Waals surface area (Å²) < 4.78 is 15.8. The average Bonchev–Trinajstić information content (AvgIpc) is 3.33. The fourth-order valence-electron chi connectivity index (χ4n) is 3.35.